The Morgan fingerprint density at radius 2 is 1.91 bits per heavy atom. The van der Waals surface area contributed by atoms with Gasteiger partial charge in [-0.25, -0.2) is 9.66 Å². The van der Waals surface area contributed by atoms with Crippen LogP contribution in [0.4, 0.5) is 0 Å². The highest BCUT2D eigenvalue weighted by Gasteiger charge is 2.13. The molecule has 0 fully saturated rings. The lowest BCUT2D eigenvalue weighted by Gasteiger charge is -2.10. The summed E-state index contributed by atoms with van der Waals surface area (Å²) in [5.41, 5.74) is 2.94. The zero-order valence-electron chi connectivity index (χ0n) is 12.1. The Morgan fingerprint density at radius 1 is 1.18 bits per heavy atom. The van der Waals surface area contributed by atoms with E-state index < -0.39 is 0 Å². The largest absolute Gasteiger partial charge is 0.304 e. The maximum atomic E-state index is 12.4. The van der Waals surface area contributed by atoms with Gasteiger partial charge in [0.25, 0.3) is 5.56 Å². The molecule has 6 nitrogen and oxygen atoms in total. The van der Waals surface area contributed by atoms with Crippen LogP contribution in [0.1, 0.15) is 5.82 Å². The summed E-state index contributed by atoms with van der Waals surface area (Å²) < 4.78 is 2.92. The molecule has 0 aliphatic carbocycles. The average Bonchev–Trinajstić information content (AvgIpc) is 2.52. The zero-order valence-corrected chi connectivity index (χ0v) is 12.1. The standard InChI is InChI=1S/C16H14N4O2/c1-12-17-14-8-4-3-7-13(14)16(22)20(12)18-15(21)11-19-9-5-2-6-10-19/h2-10H,11H2,1H3/p+1. The molecular formula is C16H15N4O2+. The van der Waals surface area contributed by atoms with E-state index in [2.05, 4.69) is 10.4 Å². The van der Waals surface area contributed by atoms with Crippen molar-refractivity contribution < 1.29 is 9.36 Å². The summed E-state index contributed by atoms with van der Waals surface area (Å²) in [5, 5.41) is 0.473. The number of aryl methyl sites for hydroxylation is 1. The summed E-state index contributed by atoms with van der Waals surface area (Å²) in [7, 11) is 0. The summed E-state index contributed by atoms with van der Waals surface area (Å²) in [5.74, 6) is 0.147. The highest BCUT2D eigenvalue weighted by Crippen LogP contribution is 2.06. The van der Waals surface area contributed by atoms with Crippen molar-refractivity contribution in [3.8, 4) is 0 Å². The normalized spacial score (nSPS) is 10.6. The number of benzene rings is 1. The third kappa shape index (κ3) is 2.71. The monoisotopic (exact) mass is 295 g/mol. The predicted octanol–water partition coefficient (Wildman–Crippen LogP) is 0.763. The topological polar surface area (TPSA) is 67.9 Å². The first-order valence-electron chi connectivity index (χ1n) is 6.87. The first-order valence-corrected chi connectivity index (χ1v) is 6.87. The number of nitrogens with zero attached hydrogens (tertiary/aromatic N) is 3. The van der Waals surface area contributed by atoms with Crippen LogP contribution in [-0.4, -0.2) is 15.6 Å². The average molecular weight is 295 g/mol. The highest BCUT2D eigenvalue weighted by molar-refractivity contribution is 5.83. The second-order valence-corrected chi connectivity index (χ2v) is 4.90. The second kappa shape index (κ2) is 5.77. The Morgan fingerprint density at radius 3 is 2.68 bits per heavy atom. The van der Waals surface area contributed by atoms with Gasteiger partial charge in [-0.15, -0.1) is 0 Å². The molecule has 6 heteroatoms. The molecule has 1 amide bonds. The molecule has 22 heavy (non-hydrogen) atoms. The summed E-state index contributed by atoms with van der Waals surface area (Å²) in [6, 6.07) is 12.6. The van der Waals surface area contributed by atoms with Crippen LogP contribution >= 0.6 is 0 Å². The van der Waals surface area contributed by atoms with E-state index in [-0.39, 0.29) is 18.0 Å². The fraction of sp³-hybridized carbons (Fsp3) is 0.125. The van der Waals surface area contributed by atoms with Gasteiger partial charge in [-0.1, -0.05) is 18.2 Å². The molecule has 2 aromatic heterocycles. The number of carbonyl (C=O) groups excluding carboxylic acids is 1. The Balaban J connectivity index is 1.91. The Kier molecular flexibility index (Phi) is 3.65. The van der Waals surface area contributed by atoms with Gasteiger partial charge in [-0.05, 0) is 19.1 Å². The van der Waals surface area contributed by atoms with Gasteiger partial charge in [-0.3, -0.25) is 15.0 Å². The number of fused-ring (bicyclic) bond motifs is 1. The van der Waals surface area contributed by atoms with Gasteiger partial charge in [-0.2, -0.15) is 4.57 Å². The minimum Gasteiger partial charge on any atom is -0.267 e. The smallest absolute Gasteiger partial charge is 0.267 e. The molecule has 0 atom stereocenters. The van der Waals surface area contributed by atoms with E-state index in [1.54, 1.807) is 42.1 Å². The fourth-order valence-electron chi connectivity index (χ4n) is 2.24. The van der Waals surface area contributed by atoms with Gasteiger partial charge < -0.3 is 0 Å². The second-order valence-electron chi connectivity index (χ2n) is 4.90. The molecule has 110 valence electrons. The summed E-state index contributed by atoms with van der Waals surface area (Å²) in [6.45, 7) is 1.81. The van der Waals surface area contributed by atoms with Crippen molar-refractivity contribution in [2.45, 2.75) is 13.5 Å². The van der Waals surface area contributed by atoms with E-state index in [4.69, 9.17) is 0 Å². The van der Waals surface area contributed by atoms with Gasteiger partial charge in [0.1, 0.15) is 5.82 Å². The first-order chi connectivity index (χ1) is 10.6. The molecule has 3 aromatic rings. The first kappa shape index (κ1) is 13.9. The van der Waals surface area contributed by atoms with Crippen LogP contribution in [0, 0.1) is 6.92 Å². The lowest BCUT2D eigenvalue weighted by molar-refractivity contribution is -0.684. The van der Waals surface area contributed by atoms with Gasteiger partial charge in [0, 0.05) is 12.1 Å². The van der Waals surface area contributed by atoms with Crippen molar-refractivity contribution in [3.63, 3.8) is 0 Å². The van der Waals surface area contributed by atoms with E-state index in [1.807, 2.05) is 24.3 Å². The minimum atomic E-state index is -0.293. The van der Waals surface area contributed by atoms with Crippen LogP contribution in [0.2, 0.25) is 0 Å². The van der Waals surface area contributed by atoms with Crippen LogP contribution in [0.5, 0.6) is 0 Å². The molecule has 0 radical (unpaired) electrons. The molecule has 2 heterocycles. The van der Waals surface area contributed by atoms with Gasteiger partial charge in [0.2, 0.25) is 6.54 Å². The molecular weight excluding hydrogens is 280 g/mol. The highest BCUT2D eigenvalue weighted by atomic mass is 16.2. The molecule has 0 aliphatic rings. The number of para-hydroxylation sites is 1. The van der Waals surface area contributed by atoms with Crippen LogP contribution in [0.3, 0.4) is 0 Å². The molecule has 0 spiro atoms. The molecule has 3 rings (SSSR count). The Bertz CT molecular complexity index is 888. The lowest BCUT2D eigenvalue weighted by Crippen LogP contribution is -2.44. The lowest BCUT2D eigenvalue weighted by atomic mass is 10.2. The fourth-order valence-corrected chi connectivity index (χ4v) is 2.24. The number of aromatic nitrogens is 3. The number of pyridine rings is 1. The molecule has 1 aromatic carbocycles. The van der Waals surface area contributed by atoms with Crippen molar-refractivity contribution in [2.75, 3.05) is 5.43 Å². The number of carbonyl (C=O) groups is 1. The number of rotatable bonds is 3. The van der Waals surface area contributed by atoms with Crippen LogP contribution in [0.15, 0.2) is 59.7 Å². The van der Waals surface area contributed by atoms with Crippen molar-refractivity contribution >= 4 is 16.8 Å². The SMILES string of the molecule is Cc1nc2ccccc2c(=O)n1NC(=O)C[n+]1ccccc1. The quantitative estimate of drug-likeness (QED) is 0.726. The molecule has 1 N–H and O–H groups in total. The van der Waals surface area contributed by atoms with Crippen molar-refractivity contribution in [2.24, 2.45) is 0 Å². The maximum Gasteiger partial charge on any atom is 0.304 e. The third-order valence-electron chi connectivity index (χ3n) is 3.28. The summed E-state index contributed by atoms with van der Waals surface area (Å²) in [4.78, 5) is 28.9. The van der Waals surface area contributed by atoms with E-state index in [9.17, 15) is 9.59 Å². The number of hydrogen-bond acceptors (Lipinski definition) is 3. The third-order valence-corrected chi connectivity index (χ3v) is 3.28. The summed E-state index contributed by atoms with van der Waals surface area (Å²) in [6.07, 6.45) is 3.57. The minimum absolute atomic E-state index is 0.125. The van der Waals surface area contributed by atoms with Crippen LogP contribution in [-0.2, 0) is 11.3 Å². The molecule has 0 saturated heterocycles. The van der Waals surface area contributed by atoms with Crippen molar-refractivity contribution in [3.05, 3.63) is 71.0 Å². The van der Waals surface area contributed by atoms with E-state index >= 15 is 0 Å². The van der Waals surface area contributed by atoms with Crippen LogP contribution < -0.4 is 15.6 Å². The van der Waals surface area contributed by atoms with Gasteiger partial charge in [0.05, 0.1) is 10.9 Å². The Hall–Kier alpha value is -3.02. The number of hydrogen-bond donors (Lipinski definition) is 1. The van der Waals surface area contributed by atoms with Crippen molar-refractivity contribution in [1.82, 2.24) is 9.66 Å². The van der Waals surface area contributed by atoms with E-state index in [0.29, 0.717) is 16.7 Å². The van der Waals surface area contributed by atoms with Gasteiger partial charge >= 0.3 is 5.91 Å². The van der Waals surface area contributed by atoms with Gasteiger partial charge in [0.15, 0.2) is 12.4 Å². The van der Waals surface area contributed by atoms with Crippen LogP contribution in [0.25, 0.3) is 10.9 Å². The predicted molar refractivity (Wildman–Crippen MR) is 81.7 cm³/mol. The molecule has 0 aliphatic heterocycles. The Labute approximate surface area is 126 Å². The molecule has 0 bridgehead atoms. The maximum absolute atomic E-state index is 12.4. The van der Waals surface area contributed by atoms with E-state index in [0.717, 1.165) is 0 Å². The van der Waals surface area contributed by atoms with E-state index in [1.165, 1.54) is 4.68 Å². The number of nitrogens with one attached hydrogen (secondary N) is 1. The molecule has 0 saturated carbocycles. The summed E-state index contributed by atoms with van der Waals surface area (Å²) >= 11 is 0. The zero-order chi connectivity index (χ0) is 15.5. The molecule has 0 unspecified atom stereocenters. The van der Waals surface area contributed by atoms with Crippen molar-refractivity contribution in [1.29, 1.82) is 0 Å². The number of amides is 1.